The van der Waals surface area contributed by atoms with Gasteiger partial charge >= 0.3 is 0 Å². The van der Waals surface area contributed by atoms with Gasteiger partial charge in [0.05, 0.1) is 0 Å². The largest absolute Gasteiger partial charge is 0.135 e. The highest BCUT2D eigenvalue weighted by molar-refractivity contribution is 7.25. The van der Waals surface area contributed by atoms with Crippen LogP contribution in [-0.4, -0.2) is 0 Å². The number of thiophene rings is 1. The molecule has 1 aromatic heterocycles. The number of benzene rings is 9. The standard InChI is InChI=1S/C53H38S/c1-3-9-37(10-4-1)39-18-22-41(23-19-39)49(47-28-30-51-50-13-7-8-14-52(50)54-53(51)35-47)29-16-36-15-17-44-32-45(27-26-42(44)31-36)46-25-21-40-20-24-43(33-48(40)34-46)38-11-5-2-6-12-38/h1-15,17-28,30-35,49H,16,29H2. The molecule has 0 aliphatic heterocycles. The third-order valence-corrected chi connectivity index (χ3v) is 12.3. The van der Waals surface area contributed by atoms with E-state index in [0.29, 0.717) is 0 Å². The molecule has 0 amide bonds. The van der Waals surface area contributed by atoms with E-state index in [1.54, 1.807) is 0 Å². The van der Waals surface area contributed by atoms with Crippen molar-refractivity contribution in [2.45, 2.75) is 18.8 Å². The molecule has 1 atom stereocenters. The quantitative estimate of drug-likeness (QED) is 0.148. The van der Waals surface area contributed by atoms with E-state index in [1.165, 1.54) is 91.8 Å². The summed E-state index contributed by atoms with van der Waals surface area (Å²) in [5.74, 6) is 0.290. The molecular weight excluding hydrogens is 669 g/mol. The zero-order chi connectivity index (χ0) is 35.8. The smallest absolute Gasteiger partial charge is 0.0358 e. The molecule has 10 aromatic rings. The number of hydrogen-bond acceptors (Lipinski definition) is 1. The van der Waals surface area contributed by atoms with E-state index in [4.69, 9.17) is 0 Å². The Hall–Kier alpha value is -6.28. The minimum absolute atomic E-state index is 0.290. The van der Waals surface area contributed by atoms with E-state index in [1.807, 2.05) is 11.3 Å². The molecule has 0 spiro atoms. The predicted octanol–water partition coefficient (Wildman–Crippen LogP) is 15.1. The molecule has 256 valence electrons. The summed E-state index contributed by atoms with van der Waals surface area (Å²) >= 11 is 1.90. The summed E-state index contributed by atoms with van der Waals surface area (Å²) < 4.78 is 2.72. The zero-order valence-electron chi connectivity index (χ0n) is 30.0. The van der Waals surface area contributed by atoms with Crippen LogP contribution < -0.4 is 0 Å². The predicted molar refractivity (Wildman–Crippen MR) is 234 cm³/mol. The van der Waals surface area contributed by atoms with Gasteiger partial charge in [0.15, 0.2) is 0 Å². The van der Waals surface area contributed by atoms with Gasteiger partial charge in [-0.2, -0.15) is 0 Å². The van der Waals surface area contributed by atoms with Gasteiger partial charge in [-0.15, -0.1) is 11.3 Å². The van der Waals surface area contributed by atoms with Crippen LogP contribution in [0.2, 0.25) is 0 Å². The van der Waals surface area contributed by atoms with Gasteiger partial charge in [-0.05, 0) is 115 Å². The van der Waals surface area contributed by atoms with E-state index in [2.05, 4.69) is 200 Å². The Morgan fingerprint density at radius 2 is 0.852 bits per heavy atom. The fraction of sp³-hybridized carbons (Fsp3) is 0.0566. The molecule has 54 heavy (non-hydrogen) atoms. The Morgan fingerprint density at radius 1 is 0.333 bits per heavy atom. The van der Waals surface area contributed by atoms with E-state index < -0.39 is 0 Å². The summed E-state index contributed by atoms with van der Waals surface area (Å²) in [5, 5.41) is 7.80. The highest BCUT2D eigenvalue weighted by Gasteiger charge is 2.17. The van der Waals surface area contributed by atoms with Crippen LogP contribution in [0.1, 0.15) is 29.0 Å². The molecule has 10 rings (SSSR count). The molecule has 0 aliphatic carbocycles. The molecule has 0 saturated carbocycles. The van der Waals surface area contributed by atoms with Crippen molar-refractivity contribution in [3.63, 3.8) is 0 Å². The molecule has 0 fully saturated rings. The lowest BCUT2D eigenvalue weighted by molar-refractivity contribution is 0.716. The topological polar surface area (TPSA) is 0 Å². The van der Waals surface area contributed by atoms with Crippen molar-refractivity contribution in [1.29, 1.82) is 0 Å². The lowest BCUT2D eigenvalue weighted by Gasteiger charge is -2.19. The normalized spacial score (nSPS) is 12.1. The van der Waals surface area contributed by atoms with Crippen molar-refractivity contribution in [1.82, 2.24) is 0 Å². The Bertz CT molecular complexity index is 2920. The molecule has 0 N–H and O–H groups in total. The van der Waals surface area contributed by atoms with Crippen molar-refractivity contribution in [2.24, 2.45) is 0 Å². The van der Waals surface area contributed by atoms with Crippen molar-refractivity contribution in [2.75, 3.05) is 0 Å². The van der Waals surface area contributed by atoms with E-state index in [9.17, 15) is 0 Å². The number of fused-ring (bicyclic) bond motifs is 5. The van der Waals surface area contributed by atoms with Gasteiger partial charge in [0.1, 0.15) is 0 Å². The van der Waals surface area contributed by atoms with E-state index in [0.717, 1.165) is 12.8 Å². The van der Waals surface area contributed by atoms with Gasteiger partial charge in [-0.25, -0.2) is 0 Å². The average Bonchev–Trinajstić information content (AvgIpc) is 3.62. The molecule has 0 aliphatic rings. The summed E-state index contributed by atoms with van der Waals surface area (Å²) in [6, 6.07) is 74.1. The van der Waals surface area contributed by atoms with Crippen molar-refractivity contribution in [3.05, 3.63) is 217 Å². The van der Waals surface area contributed by atoms with Crippen LogP contribution in [-0.2, 0) is 6.42 Å². The van der Waals surface area contributed by atoms with Gasteiger partial charge in [0.25, 0.3) is 0 Å². The zero-order valence-corrected chi connectivity index (χ0v) is 30.8. The molecule has 1 heteroatoms. The lowest BCUT2D eigenvalue weighted by Crippen LogP contribution is -2.03. The second kappa shape index (κ2) is 13.9. The Morgan fingerprint density at radius 3 is 1.59 bits per heavy atom. The maximum Gasteiger partial charge on any atom is 0.0358 e. The molecular formula is C53H38S. The van der Waals surface area contributed by atoms with Crippen LogP contribution in [0.5, 0.6) is 0 Å². The molecule has 1 heterocycles. The Balaban J connectivity index is 0.941. The van der Waals surface area contributed by atoms with Crippen LogP contribution in [0.3, 0.4) is 0 Å². The van der Waals surface area contributed by atoms with Gasteiger partial charge in [0.2, 0.25) is 0 Å². The van der Waals surface area contributed by atoms with Crippen LogP contribution in [0.25, 0.3) is 75.1 Å². The first-order valence-electron chi connectivity index (χ1n) is 18.9. The Labute approximate surface area is 320 Å². The number of hydrogen-bond donors (Lipinski definition) is 0. The van der Waals surface area contributed by atoms with Crippen molar-refractivity contribution in [3.8, 4) is 33.4 Å². The first-order valence-corrected chi connectivity index (χ1v) is 19.7. The fourth-order valence-electron chi connectivity index (χ4n) is 8.20. The van der Waals surface area contributed by atoms with Gasteiger partial charge in [0, 0.05) is 26.1 Å². The minimum Gasteiger partial charge on any atom is -0.135 e. The molecule has 0 saturated heterocycles. The Kier molecular flexibility index (Phi) is 8.35. The van der Waals surface area contributed by atoms with Crippen LogP contribution >= 0.6 is 11.3 Å². The van der Waals surface area contributed by atoms with Crippen molar-refractivity contribution >= 4 is 53.1 Å². The second-order valence-corrected chi connectivity index (χ2v) is 15.6. The van der Waals surface area contributed by atoms with Crippen LogP contribution in [0.15, 0.2) is 200 Å². The van der Waals surface area contributed by atoms with Gasteiger partial charge < -0.3 is 0 Å². The molecule has 0 nitrogen and oxygen atoms in total. The highest BCUT2D eigenvalue weighted by atomic mass is 32.1. The maximum atomic E-state index is 2.45. The van der Waals surface area contributed by atoms with Crippen LogP contribution in [0.4, 0.5) is 0 Å². The molecule has 0 bridgehead atoms. The van der Waals surface area contributed by atoms with Gasteiger partial charge in [-0.3, -0.25) is 0 Å². The summed E-state index contributed by atoms with van der Waals surface area (Å²) in [7, 11) is 0. The second-order valence-electron chi connectivity index (χ2n) is 14.5. The molecule has 0 radical (unpaired) electrons. The first-order chi connectivity index (χ1) is 26.7. The SMILES string of the molecule is c1ccc(-c2ccc(C(CCc3ccc4cc(-c5ccc6ccc(-c7ccccc7)cc6c5)ccc4c3)c3ccc4c(c3)sc3ccccc34)cc2)cc1. The number of aryl methyl sites for hydroxylation is 1. The third kappa shape index (κ3) is 6.27. The fourth-order valence-corrected chi connectivity index (χ4v) is 9.36. The van der Waals surface area contributed by atoms with Crippen molar-refractivity contribution < 1.29 is 0 Å². The van der Waals surface area contributed by atoms with Crippen LogP contribution in [0, 0.1) is 0 Å². The lowest BCUT2D eigenvalue weighted by atomic mass is 9.85. The minimum atomic E-state index is 0.290. The molecule has 9 aromatic carbocycles. The summed E-state index contributed by atoms with van der Waals surface area (Å²) in [4.78, 5) is 0. The number of rotatable bonds is 8. The summed E-state index contributed by atoms with van der Waals surface area (Å²) in [6.07, 6.45) is 2.04. The summed E-state index contributed by atoms with van der Waals surface area (Å²) in [5.41, 5.74) is 11.6. The first kappa shape index (κ1) is 32.4. The van der Waals surface area contributed by atoms with Gasteiger partial charge in [-0.1, -0.05) is 170 Å². The molecule has 1 unspecified atom stereocenters. The maximum absolute atomic E-state index is 2.45. The third-order valence-electron chi connectivity index (χ3n) is 11.1. The monoisotopic (exact) mass is 706 g/mol. The van der Waals surface area contributed by atoms with E-state index >= 15 is 0 Å². The summed E-state index contributed by atoms with van der Waals surface area (Å²) in [6.45, 7) is 0. The van der Waals surface area contributed by atoms with E-state index in [-0.39, 0.29) is 5.92 Å². The average molecular weight is 707 g/mol. The highest BCUT2D eigenvalue weighted by Crippen LogP contribution is 2.39.